The minimum absolute atomic E-state index is 0.0944. The molecule has 0 atom stereocenters. The molecular weight excluding hydrogens is 342 g/mol. The zero-order chi connectivity index (χ0) is 19.4. The minimum Gasteiger partial charge on any atom is -0.491 e. The zero-order valence-corrected chi connectivity index (χ0v) is 15.9. The van der Waals surface area contributed by atoms with Crippen LogP contribution in [-0.4, -0.2) is 29.0 Å². The van der Waals surface area contributed by atoms with Crippen molar-refractivity contribution in [3.05, 3.63) is 59.2 Å². The van der Waals surface area contributed by atoms with Crippen LogP contribution in [0.5, 0.6) is 5.75 Å². The lowest BCUT2D eigenvalue weighted by atomic mass is 9.98. The van der Waals surface area contributed by atoms with Crippen LogP contribution in [0.25, 0.3) is 0 Å². The number of aryl methyl sites for hydroxylation is 1. The number of benzene rings is 2. The molecule has 27 heavy (non-hydrogen) atoms. The summed E-state index contributed by atoms with van der Waals surface area (Å²) in [5.41, 5.74) is 9.59. The van der Waals surface area contributed by atoms with E-state index in [1.807, 2.05) is 38.1 Å². The standard InChI is InChI=1S/C21H27N3O3/c1-15(2)27-19-7-3-5-16(12-19)13-23-10-4-6-18-11-17(8-9-20(18)23)14-24(26)21(22)25/h3,5,7-9,11-12,15,26H,4,6,10,13-14H2,1-2H3,(H2,22,25). The Morgan fingerprint density at radius 1 is 1.26 bits per heavy atom. The Morgan fingerprint density at radius 2 is 2.07 bits per heavy atom. The third kappa shape index (κ3) is 4.92. The number of hydrogen-bond donors (Lipinski definition) is 2. The molecule has 3 N–H and O–H groups in total. The molecule has 0 saturated heterocycles. The van der Waals surface area contributed by atoms with E-state index in [4.69, 9.17) is 10.5 Å². The number of nitrogens with two attached hydrogens (primary N) is 1. The topological polar surface area (TPSA) is 79.0 Å². The number of hydrogen-bond acceptors (Lipinski definition) is 4. The van der Waals surface area contributed by atoms with Crippen LogP contribution in [0, 0.1) is 0 Å². The first-order valence-corrected chi connectivity index (χ1v) is 9.30. The maximum absolute atomic E-state index is 11.0. The Labute approximate surface area is 160 Å². The summed E-state index contributed by atoms with van der Waals surface area (Å²) in [6, 6.07) is 13.4. The van der Waals surface area contributed by atoms with Gasteiger partial charge in [0.25, 0.3) is 0 Å². The lowest BCUT2D eigenvalue weighted by Crippen LogP contribution is -2.32. The number of rotatable bonds is 6. The van der Waals surface area contributed by atoms with Crippen LogP contribution >= 0.6 is 0 Å². The monoisotopic (exact) mass is 369 g/mol. The number of hydroxylamine groups is 2. The van der Waals surface area contributed by atoms with Gasteiger partial charge in [0.2, 0.25) is 0 Å². The Bertz CT molecular complexity index is 807. The van der Waals surface area contributed by atoms with E-state index < -0.39 is 6.03 Å². The van der Waals surface area contributed by atoms with Crippen molar-refractivity contribution in [3.63, 3.8) is 0 Å². The van der Waals surface area contributed by atoms with Gasteiger partial charge in [0, 0.05) is 18.8 Å². The van der Waals surface area contributed by atoms with Crippen LogP contribution < -0.4 is 15.4 Å². The number of urea groups is 1. The van der Waals surface area contributed by atoms with Crippen LogP contribution in [0.4, 0.5) is 10.5 Å². The third-order valence-corrected chi connectivity index (χ3v) is 4.59. The molecule has 2 aromatic carbocycles. The van der Waals surface area contributed by atoms with Gasteiger partial charge < -0.3 is 15.4 Å². The molecule has 3 rings (SSSR count). The highest BCUT2D eigenvalue weighted by Gasteiger charge is 2.18. The van der Waals surface area contributed by atoms with Gasteiger partial charge in [-0.15, -0.1) is 0 Å². The number of nitrogens with zero attached hydrogens (tertiary/aromatic N) is 2. The molecule has 6 heteroatoms. The van der Waals surface area contributed by atoms with Crippen molar-refractivity contribution in [1.82, 2.24) is 5.06 Å². The van der Waals surface area contributed by atoms with E-state index in [-0.39, 0.29) is 12.6 Å². The fraction of sp³-hybridized carbons (Fsp3) is 0.381. The third-order valence-electron chi connectivity index (χ3n) is 4.59. The average molecular weight is 369 g/mol. The molecule has 2 amide bonds. The van der Waals surface area contributed by atoms with Crippen LogP contribution in [0.2, 0.25) is 0 Å². The van der Waals surface area contributed by atoms with Crippen LogP contribution in [0.3, 0.4) is 0 Å². The number of ether oxygens (including phenoxy) is 1. The van der Waals surface area contributed by atoms with Gasteiger partial charge in [0.15, 0.2) is 0 Å². The van der Waals surface area contributed by atoms with Gasteiger partial charge in [0.1, 0.15) is 5.75 Å². The van der Waals surface area contributed by atoms with Gasteiger partial charge in [-0.1, -0.05) is 24.3 Å². The number of primary amides is 1. The van der Waals surface area contributed by atoms with E-state index in [2.05, 4.69) is 23.1 Å². The highest BCUT2D eigenvalue weighted by atomic mass is 16.5. The van der Waals surface area contributed by atoms with Gasteiger partial charge in [-0.3, -0.25) is 5.21 Å². The Morgan fingerprint density at radius 3 is 2.81 bits per heavy atom. The molecule has 2 aromatic rings. The van der Waals surface area contributed by atoms with E-state index in [0.29, 0.717) is 5.06 Å². The molecule has 0 bridgehead atoms. The summed E-state index contributed by atoms with van der Waals surface area (Å²) >= 11 is 0. The number of fused-ring (bicyclic) bond motifs is 1. The largest absolute Gasteiger partial charge is 0.491 e. The second kappa shape index (κ2) is 8.31. The van der Waals surface area contributed by atoms with Crippen LogP contribution in [-0.2, 0) is 19.5 Å². The number of anilines is 1. The summed E-state index contributed by atoms with van der Waals surface area (Å²) in [5.74, 6) is 0.893. The summed E-state index contributed by atoms with van der Waals surface area (Å²) in [6.45, 7) is 5.95. The normalized spacial score (nSPS) is 13.4. The summed E-state index contributed by atoms with van der Waals surface area (Å²) in [4.78, 5) is 13.4. The summed E-state index contributed by atoms with van der Waals surface area (Å²) in [5, 5.41) is 10.1. The molecule has 1 aliphatic heterocycles. The molecule has 0 spiro atoms. The van der Waals surface area contributed by atoms with Crippen LogP contribution in [0.15, 0.2) is 42.5 Å². The lowest BCUT2D eigenvalue weighted by molar-refractivity contribution is -0.0470. The molecule has 1 aliphatic rings. The van der Waals surface area contributed by atoms with E-state index in [9.17, 15) is 10.0 Å². The van der Waals surface area contributed by atoms with Crippen molar-refractivity contribution in [2.24, 2.45) is 5.73 Å². The fourth-order valence-electron chi connectivity index (χ4n) is 3.45. The fourth-order valence-corrected chi connectivity index (χ4v) is 3.45. The predicted molar refractivity (Wildman–Crippen MR) is 105 cm³/mol. The van der Waals surface area contributed by atoms with Crippen molar-refractivity contribution < 1.29 is 14.7 Å². The first-order valence-electron chi connectivity index (χ1n) is 9.30. The average Bonchev–Trinajstić information content (AvgIpc) is 2.61. The van der Waals surface area contributed by atoms with Crippen molar-refractivity contribution >= 4 is 11.7 Å². The second-order valence-corrected chi connectivity index (χ2v) is 7.20. The smallest absolute Gasteiger partial charge is 0.338 e. The zero-order valence-electron chi connectivity index (χ0n) is 15.9. The van der Waals surface area contributed by atoms with Crippen molar-refractivity contribution in [3.8, 4) is 5.75 Å². The lowest BCUT2D eigenvalue weighted by Gasteiger charge is -2.32. The van der Waals surface area contributed by atoms with E-state index in [1.165, 1.54) is 16.8 Å². The first-order chi connectivity index (χ1) is 12.9. The molecule has 0 aliphatic carbocycles. The van der Waals surface area contributed by atoms with Crippen molar-refractivity contribution in [2.45, 2.75) is 45.9 Å². The van der Waals surface area contributed by atoms with Crippen molar-refractivity contribution in [2.75, 3.05) is 11.4 Å². The molecule has 0 saturated carbocycles. The quantitative estimate of drug-likeness (QED) is 0.601. The van der Waals surface area contributed by atoms with Crippen molar-refractivity contribution in [1.29, 1.82) is 0 Å². The van der Waals surface area contributed by atoms with Gasteiger partial charge in [-0.2, -0.15) is 0 Å². The maximum Gasteiger partial charge on any atom is 0.338 e. The molecule has 0 fully saturated rings. The molecule has 0 unspecified atom stereocenters. The number of amides is 2. The summed E-state index contributed by atoms with van der Waals surface area (Å²) in [6.07, 6.45) is 2.20. The molecule has 0 radical (unpaired) electrons. The molecular formula is C21H27N3O3. The molecule has 144 valence electrons. The Hall–Kier alpha value is -2.73. The maximum atomic E-state index is 11.0. The van der Waals surface area contributed by atoms with E-state index in [0.717, 1.165) is 37.2 Å². The van der Waals surface area contributed by atoms with Gasteiger partial charge in [-0.25, -0.2) is 9.86 Å². The summed E-state index contributed by atoms with van der Waals surface area (Å²) in [7, 11) is 0. The molecule has 0 aromatic heterocycles. The van der Waals surface area contributed by atoms with Gasteiger partial charge in [0.05, 0.1) is 12.6 Å². The molecule has 6 nitrogen and oxygen atoms in total. The van der Waals surface area contributed by atoms with Gasteiger partial charge in [-0.05, 0) is 61.6 Å². The highest BCUT2D eigenvalue weighted by Crippen LogP contribution is 2.30. The molecule has 1 heterocycles. The van der Waals surface area contributed by atoms with E-state index >= 15 is 0 Å². The Balaban J connectivity index is 1.75. The minimum atomic E-state index is -0.849. The first kappa shape index (κ1) is 19.0. The SMILES string of the molecule is CC(C)Oc1cccc(CN2CCCc3cc(CN(O)C(N)=O)ccc32)c1. The number of carbonyl (C=O) groups excluding carboxylic acids is 1. The van der Waals surface area contributed by atoms with Crippen LogP contribution in [0.1, 0.15) is 37.0 Å². The summed E-state index contributed by atoms with van der Waals surface area (Å²) < 4.78 is 5.80. The van der Waals surface area contributed by atoms with E-state index in [1.54, 1.807) is 0 Å². The highest BCUT2D eigenvalue weighted by molar-refractivity contribution is 5.70. The Kier molecular flexibility index (Phi) is 5.86. The number of carbonyl (C=O) groups is 1. The predicted octanol–water partition coefficient (Wildman–Crippen LogP) is 3.70. The van der Waals surface area contributed by atoms with Gasteiger partial charge >= 0.3 is 6.03 Å². The second-order valence-electron chi connectivity index (χ2n) is 7.20.